The number of hydrogen-bond donors (Lipinski definition) is 2. The van der Waals surface area contributed by atoms with Gasteiger partial charge in [-0.25, -0.2) is 0 Å². The monoisotopic (exact) mass is 329 g/mol. The standard InChI is InChI=1S/C16H21Cl2NO2/c17-12-6-7-13(14(18)9-12)15(20)10-19-16(21)8-11-4-2-1-3-5-11/h6-7,9,11,15,20H,1-5,8,10H2,(H,19,21). The lowest BCUT2D eigenvalue weighted by atomic mass is 9.87. The number of rotatable bonds is 5. The Labute approximate surface area is 135 Å². The highest BCUT2D eigenvalue weighted by molar-refractivity contribution is 6.35. The van der Waals surface area contributed by atoms with Gasteiger partial charge in [0.15, 0.2) is 0 Å². The average molecular weight is 330 g/mol. The first kappa shape index (κ1) is 16.6. The molecule has 1 unspecified atom stereocenters. The van der Waals surface area contributed by atoms with Gasteiger partial charge < -0.3 is 10.4 Å². The van der Waals surface area contributed by atoms with Crippen molar-refractivity contribution < 1.29 is 9.90 Å². The maximum atomic E-state index is 11.9. The lowest BCUT2D eigenvalue weighted by molar-refractivity contribution is -0.122. The third kappa shape index (κ3) is 5.17. The molecule has 0 spiro atoms. The summed E-state index contributed by atoms with van der Waals surface area (Å²) in [5.74, 6) is 0.501. The van der Waals surface area contributed by atoms with Crippen LogP contribution >= 0.6 is 23.2 Å². The van der Waals surface area contributed by atoms with E-state index in [4.69, 9.17) is 23.2 Å². The van der Waals surface area contributed by atoms with E-state index in [1.54, 1.807) is 18.2 Å². The van der Waals surface area contributed by atoms with E-state index in [1.807, 2.05) is 0 Å². The van der Waals surface area contributed by atoms with E-state index in [-0.39, 0.29) is 12.5 Å². The minimum Gasteiger partial charge on any atom is -0.387 e. The number of halogens is 2. The lowest BCUT2D eigenvalue weighted by Crippen LogP contribution is -2.30. The first-order valence-electron chi connectivity index (χ1n) is 7.46. The van der Waals surface area contributed by atoms with Crippen LogP contribution in [0, 0.1) is 5.92 Å². The van der Waals surface area contributed by atoms with Gasteiger partial charge in [-0.1, -0.05) is 48.5 Å². The summed E-state index contributed by atoms with van der Waals surface area (Å²) >= 11 is 11.9. The number of aliphatic hydroxyl groups is 1. The van der Waals surface area contributed by atoms with Gasteiger partial charge in [-0.05, 0) is 30.9 Å². The van der Waals surface area contributed by atoms with Crippen LogP contribution in [0.2, 0.25) is 10.0 Å². The molecular weight excluding hydrogens is 309 g/mol. The number of nitrogens with one attached hydrogen (secondary N) is 1. The Bertz CT molecular complexity index is 487. The maximum absolute atomic E-state index is 11.9. The van der Waals surface area contributed by atoms with Crippen LogP contribution in [0.15, 0.2) is 18.2 Å². The minimum atomic E-state index is -0.815. The van der Waals surface area contributed by atoms with E-state index in [0.717, 1.165) is 12.8 Å². The largest absolute Gasteiger partial charge is 0.387 e. The van der Waals surface area contributed by atoms with Crippen LogP contribution in [-0.2, 0) is 4.79 Å². The van der Waals surface area contributed by atoms with E-state index < -0.39 is 6.10 Å². The van der Waals surface area contributed by atoms with Crippen LogP contribution in [0.25, 0.3) is 0 Å². The second-order valence-electron chi connectivity index (χ2n) is 5.69. The topological polar surface area (TPSA) is 49.3 Å². The summed E-state index contributed by atoms with van der Waals surface area (Å²) in [6.45, 7) is 0.174. The zero-order valence-corrected chi connectivity index (χ0v) is 13.5. The highest BCUT2D eigenvalue weighted by Gasteiger charge is 2.18. The van der Waals surface area contributed by atoms with Gasteiger partial charge in [-0.15, -0.1) is 0 Å². The second-order valence-corrected chi connectivity index (χ2v) is 6.54. The molecule has 0 bridgehead atoms. The molecule has 2 rings (SSSR count). The number of aliphatic hydroxyl groups excluding tert-OH is 1. The molecule has 0 radical (unpaired) electrons. The maximum Gasteiger partial charge on any atom is 0.220 e. The van der Waals surface area contributed by atoms with Gasteiger partial charge in [0.05, 0.1) is 6.10 Å². The molecule has 1 aromatic carbocycles. The van der Waals surface area contributed by atoms with Crippen LogP contribution in [0.3, 0.4) is 0 Å². The van der Waals surface area contributed by atoms with Gasteiger partial charge in [0.2, 0.25) is 5.91 Å². The fraction of sp³-hybridized carbons (Fsp3) is 0.562. The zero-order valence-electron chi connectivity index (χ0n) is 11.9. The van der Waals surface area contributed by atoms with Crippen molar-refractivity contribution in [2.45, 2.75) is 44.6 Å². The molecule has 0 aliphatic heterocycles. The van der Waals surface area contributed by atoms with Crippen LogP contribution in [0.5, 0.6) is 0 Å². The molecule has 1 aliphatic rings. The summed E-state index contributed by atoms with van der Waals surface area (Å²) in [6.07, 6.45) is 5.75. The molecule has 2 N–H and O–H groups in total. The fourth-order valence-corrected chi connectivity index (χ4v) is 3.35. The molecule has 1 aromatic rings. The third-order valence-corrected chi connectivity index (χ3v) is 4.58. The molecule has 1 fully saturated rings. The first-order chi connectivity index (χ1) is 10.1. The predicted octanol–water partition coefficient (Wildman–Crippen LogP) is 4.11. The lowest BCUT2D eigenvalue weighted by Gasteiger charge is -2.21. The van der Waals surface area contributed by atoms with Crippen molar-refractivity contribution in [3.8, 4) is 0 Å². The Morgan fingerprint density at radius 2 is 2.00 bits per heavy atom. The summed E-state index contributed by atoms with van der Waals surface area (Å²) in [5, 5.41) is 13.8. The number of hydrogen-bond acceptors (Lipinski definition) is 2. The summed E-state index contributed by atoms with van der Waals surface area (Å²) in [5.41, 5.74) is 0.582. The highest BCUT2D eigenvalue weighted by Crippen LogP contribution is 2.27. The SMILES string of the molecule is O=C(CC1CCCCC1)NCC(O)c1ccc(Cl)cc1Cl. The van der Waals surface area contributed by atoms with Crippen LogP contribution in [-0.4, -0.2) is 17.6 Å². The summed E-state index contributed by atoms with van der Waals surface area (Å²) in [6, 6.07) is 4.95. The minimum absolute atomic E-state index is 0.00559. The molecule has 0 aromatic heterocycles. The molecule has 0 heterocycles. The van der Waals surface area contributed by atoms with Crippen LogP contribution in [0.4, 0.5) is 0 Å². The zero-order chi connectivity index (χ0) is 15.2. The summed E-state index contributed by atoms with van der Waals surface area (Å²) in [4.78, 5) is 11.9. The third-order valence-electron chi connectivity index (χ3n) is 4.01. The summed E-state index contributed by atoms with van der Waals surface area (Å²) < 4.78 is 0. The molecule has 1 saturated carbocycles. The fourth-order valence-electron chi connectivity index (χ4n) is 2.82. The number of carbonyl (C=O) groups is 1. The van der Waals surface area contributed by atoms with Crippen molar-refractivity contribution in [2.75, 3.05) is 6.54 Å². The molecule has 116 valence electrons. The van der Waals surface area contributed by atoms with E-state index in [1.165, 1.54) is 19.3 Å². The van der Waals surface area contributed by atoms with E-state index >= 15 is 0 Å². The van der Waals surface area contributed by atoms with Crippen molar-refractivity contribution in [1.29, 1.82) is 0 Å². The number of benzene rings is 1. The van der Waals surface area contributed by atoms with Crippen molar-refractivity contribution in [2.24, 2.45) is 5.92 Å². The molecule has 0 saturated heterocycles. The van der Waals surface area contributed by atoms with E-state index in [9.17, 15) is 9.90 Å². The van der Waals surface area contributed by atoms with Crippen molar-refractivity contribution in [3.63, 3.8) is 0 Å². The van der Waals surface area contributed by atoms with Gasteiger partial charge in [0.1, 0.15) is 0 Å². The second kappa shape index (κ2) is 8.02. The molecule has 1 amide bonds. The van der Waals surface area contributed by atoms with Gasteiger partial charge in [0, 0.05) is 28.6 Å². The smallest absolute Gasteiger partial charge is 0.220 e. The number of amides is 1. The molecule has 5 heteroatoms. The Morgan fingerprint density at radius 3 is 2.67 bits per heavy atom. The van der Waals surface area contributed by atoms with E-state index in [2.05, 4.69) is 5.32 Å². The predicted molar refractivity (Wildman–Crippen MR) is 85.6 cm³/mol. The van der Waals surface area contributed by atoms with E-state index in [0.29, 0.717) is 27.9 Å². The van der Waals surface area contributed by atoms with Gasteiger partial charge in [-0.3, -0.25) is 4.79 Å². The van der Waals surface area contributed by atoms with Crippen molar-refractivity contribution in [1.82, 2.24) is 5.32 Å². The normalized spacial score (nSPS) is 17.5. The van der Waals surface area contributed by atoms with Crippen LogP contribution < -0.4 is 5.32 Å². The highest BCUT2D eigenvalue weighted by atomic mass is 35.5. The average Bonchev–Trinajstić information content (AvgIpc) is 2.46. The Balaban J connectivity index is 1.80. The molecule has 3 nitrogen and oxygen atoms in total. The molecule has 1 aliphatic carbocycles. The molecular formula is C16H21Cl2NO2. The summed E-state index contributed by atoms with van der Waals surface area (Å²) in [7, 11) is 0. The van der Waals surface area contributed by atoms with Crippen molar-refractivity contribution in [3.05, 3.63) is 33.8 Å². The molecule has 21 heavy (non-hydrogen) atoms. The number of carbonyl (C=O) groups excluding carboxylic acids is 1. The molecule has 1 atom stereocenters. The Hall–Kier alpha value is -0.770. The van der Waals surface area contributed by atoms with Gasteiger partial charge in [-0.2, -0.15) is 0 Å². The quantitative estimate of drug-likeness (QED) is 0.853. The van der Waals surface area contributed by atoms with Gasteiger partial charge in [0.25, 0.3) is 0 Å². The Morgan fingerprint density at radius 1 is 1.29 bits per heavy atom. The Kier molecular flexibility index (Phi) is 6.34. The first-order valence-corrected chi connectivity index (χ1v) is 8.21. The van der Waals surface area contributed by atoms with Crippen molar-refractivity contribution >= 4 is 29.1 Å². The van der Waals surface area contributed by atoms with Gasteiger partial charge >= 0.3 is 0 Å². The van der Waals surface area contributed by atoms with Crippen LogP contribution in [0.1, 0.15) is 50.2 Å².